The van der Waals surface area contributed by atoms with E-state index in [1.165, 1.54) is 12.8 Å². The zero-order chi connectivity index (χ0) is 9.26. The van der Waals surface area contributed by atoms with E-state index in [2.05, 4.69) is 10.3 Å². The second-order valence-corrected chi connectivity index (χ2v) is 3.23. The van der Waals surface area contributed by atoms with Gasteiger partial charge in [-0.05, 0) is 25.0 Å². The molecular weight excluding hydrogens is 164 g/mol. The molecule has 4 N–H and O–H groups in total. The van der Waals surface area contributed by atoms with Crippen molar-refractivity contribution < 1.29 is 0 Å². The van der Waals surface area contributed by atoms with Gasteiger partial charge in [0.2, 0.25) is 0 Å². The van der Waals surface area contributed by atoms with Crippen molar-refractivity contribution in [2.24, 2.45) is 5.73 Å². The number of hydrogen-bond donors (Lipinski definition) is 3. The number of aromatic nitrogens is 1. The number of nitrogens with two attached hydrogens (primary N) is 1. The lowest BCUT2D eigenvalue weighted by Gasteiger charge is -2.08. The Morgan fingerprint density at radius 3 is 3.00 bits per heavy atom. The van der Waals surface area contributed by atoms with Crippen LogP contribution in [0.3, 0.4) is 0 Å². The SMILES string of the molecule is N=C(N)c1ncccc1NC1CC1. The fourth-order valence-electron chi connectivity index (χ4n) is 1.18. The second-order valence-electron chi connectivity index (χ2n) is 3.23. The molecule has 0 saturated heterocycles. The van der Waals surface area contributed by atoms with E-state index in [0.29, 0.717) is 11.7 Å². The van der Waals surface area contributed by atoms with Gasteiger partial charge in [-0.1, -0.05) is 0 Å². The molecule has 1 heterocycles. The van der Waals surface area contributed by atoms with E-state index in [-0.39, 0.29) is 5.84 Å². The predicted molar refractivity (Wildman–Crippen MR) is 51.9 cm³/mol. The summed E-state index contributed by atoms with van der Waals surface area (Å²) in [6.45, 7) is 0. The summed E-state index contributed by atoms with van der Waals surface area (Å²) in [6.07, 6.45) is 4.05. The van der Waals surface area contributed by atoms with Gasteiger partial charge in [-0.15, -0.1) is 0 Å². The van der Waals surface area contributed by atoms with Crippen LogP contribution in [0.25, 0.3) is 0 Å². The Kier molecular flexibility index (Phi) is 1.88. The Hall–Kier alpha value is -1.58. The third kappa shape index (κ3) is 1.77. The number of hydrogen-bond acceptors (Lipinski definition) is 3. The van der Waals surface area contributed by atoms with E-state index in [1.807, 2.05) is 12.1 Å². The maximum absolute atomic E-state index is 7.32. The third-order valence-electron chi connectivity index (χ3n) is 2.00. The molecule has 4 heteroatoms. The third-order valence-corrected chi connectivity index (χ3v) is 2.00. The average Bonchev–Trinajstić information content (AvgIpc) is 2.89. The van der Waals surface area contributed by atoms with Crippen molar-refractivity contribution in [2.45, 2.75) is 18.9 Å². The quantitative estimate of drug-likeness (QED) is 0.474. The van der Waals surface area contributed by atoms with Crippen LogP contribution >= 0.6 is 0 Å². The van der Waals surface area contributed by atoms with E-state index < -0.39 is 0 Å². The van der Waals surface area contributed by atoms with Gasteiger partial charge in [0.05, 0.1) is 5.69 Å². The fraction of sp³-hybridized carbons (Fsp3) is 0.333. The van der Waals surface area contributed by atoms with Gasteiger partial charge in [-0.3, -0.25) is 10.4 Å². The molecular formula is C9H12N4. The Bertz CT molecular complexity index is 330. The van der Waals surface area contributed by atoms with Crippen LogP contribution in [0.1, 0.15) is 18.5 Å². The van der Waals surface area contributed by atoms with E-state index in [4.69, 9.17) is 11.1 Å². The zero-order valence-electron chi connectivity index (χ0n) is 7.25. The molecule has 4 nitrogen and oxygen atoms in total. The van der Waals surface area contributed by atoms with Crippen molar-refractivity contribution in [3.63, 3.8) is 0 Å². The number of nitrogens with one attached hydrogen (secondary N) is 2. The molecule has 0 spiro atoms. The highest BCUT2D eigenvalue weighted by Crippen LogP contribution is 2.25. The molecule has 1 saturated carbocycles. The Morgan fingerprint density at radius 1 is 1.62 bits per heavy atom. The van der Waals surface area contributed by atoms with Crippen LogP contribution in [0.15, 0.2) is 18.3 Å². The molecule has 0 amide bonds. The lowest BCUT2D eigenvalue weighted by atomic mass is 10.2. The minimum atomic E-state index is 0.0174. The van der Waals surface area contributed by atoms with Crippen LogP contribution in [0.5, 0.6) is 0 Å². The van der Waals surface area contributed by atoms with Crippen molar-refractivity contribution in [1.29, 1.82) is 5.41 Å². The Labute approximate surface area is 76.7 Å². The van der Waals surface area contributed by atoms with Gasteiger partial charge in [-0.2, -0.15) is 0 Å². The smallest absolute Gasteiger partial charge is 0.143 e. The van der Waals surface area contributed by atoms with Gasteiger partial charge in [0, 0.05) is 12.2 Å². The summed E-state index contributed by atoms with van der Waals surface area (Å²) in [5.41, 5.74) is 6.81. The van der Waals surface area contributed by atoms with E-state index in [0.717, 1.165) is 5.69 Å². The average molecular weight is 176 g/mol. The topological polar surface area (TPSA) is 74.8 Å². The first-order valence-electron chi connectivity index (χ1n) is 4.33. The standard InChI is InChI=1S/C9H12N4/c10-9(11)8-7(2-1-5-12-8)13-6-3-4-6/h1-2,5-6,13H,3-4H2,(H3,10,11). The highest BCUT2D eigenvalue weighted by Gasteiger charge is 2.22. The number of nitrogens with zero attached hydrogens (tertiary/aromatic N) is 1. The summed E-state index contributed by atoms with van der Waals surface area (Å²) in [4.78, 5) is 4.05. The van der Waals surface area contributed by atoms with E-state index in [1.54, 1.807) is 6.20 Å². The highest BCUT2D eigenvalue weighted by molar-refractivity contribution is 5.98. The van der Waals surface area contributed by atoms with Gasteiger partial charge in [0.25, 0.3) is 0 Å². The fourth-order valence-corrected chi connectivity index (χ4v) is 1.18. The minimum absolute atomic E-state index is 0.0174. The molecule has 68 valence electrons. The molecule has 1 aromatic heterocycles. The molecule has 0 unspecified atom stereocenters. The van der Waals surface area contributed by atoms with Gasteiger partial charge in [-0.25, -0.2) is 0 Å². The number of rotatable bonds is 3. The molecule has 0 aromatic carbocycles. The summed E-state index contributed by atoms with van der Waals surface area (Å²) in [7, 11) is 0. The van der Waals surface area contributed by atoms with Crippen LogP contribution < -0.4 is 11.1 Å². The van der Waals surface area contributed by atoms with Crippen molar-refractivity contribution in [2.75, 3.05) is 5.32 Å². The number of nitrogen functional groups attached to an aromatic ring is 1. The van der Waals surface area contributed by atoms with Crippen LogP contribution in [-0.2, 0) is 0 Å². The molecule has 0 bridgehead atoms. The molecule has 2 rings (SSSR count). The molecule has 0 radical (unpaired) electrons. The summed E-state index contributed by atoms with van der Waals surface area (Å²) < 4.78 is 0. The highest BCUT2D eigenvalue weighted by atomic mass is 15.0. The minimum Gasteiger partial charge on any atom is -0.382 e. The van der Waals surface area contributed by atoms with E-state index >= 15 is 0 Å². The first-order chi connectivity index (χ1) is 6.27. The summed E-state index contributed by atoms with van der Waals surface area (Å²) in [5.74, 6) is 0.0174. The Morgan fingerprint density at radius 2 is 2.38 bits per heavy atom. The summed E-state index contributed by atoms with van der Waals surface area (Å²) in [5, 5.41) is 10.6. The lowest BCUT2D eigenvalue weighted by molar-refractivity contribution is 1.13. The molecule has 0 aliphatic heterocycles. The maximum atomic E-state index is 7.32. The van der Waals surface area contributed by atoms with Crippen molar-refractivity contribution in [1.82, 2.24) is 4.98 Å². The van der Waals surface area contributed by atoms with E-state index in [9.17, 15) is 0 Å². The molecule has 1 fully saturated rings. The lowest BCUT2D eigenvalue weighted by Crippen LogP contribution is -2.16. The number of anilines is 1. The summed E-state index contributed by atoms with van der Waals surface area (Å²) >= 11 is 0. The molecule has 1 aliphatic rings. The predicted octanol–water partition coefficient (Wildman–Crippen LogP) is 0.940. The normalized spacial score (nSPS) is 15.4. The van der Waals surface area contributed by atoms with Crippen LogP contribution in [0, 0.1) is 5.41 Å². The number of amidine groups is 1. The molecule has 1 aliphatic carbocycles. The van der Waals surface area contributed by atoms with Crippen LogP contribution in [-0.4, -0.2) is 16.9 Å². The van der Waals surface area contributed by atoms with Crippen molar-refractivity contribution in [3.05, 3.63) is 24.0 Å². The van der Waals surface area contributed by atoms with Gasteiger partial charge in [0.1, 0.15) is 11.5 Å². The monoisotopic (exact) mass is 176 g/mol. The second kappa shape index (κ2) is 3.05. The first kappa shape index (κ1) is 8.04. The van der Waals surface area contributed by atoms with Gasteiger partial charge in [0.15, 0.2) is 0 Å². The van der Waals surface area contributed by atoms with Gasteiger partial charge < -0.3 is 11.1 Å². The van der Waals surface area contributed by atoms with Crippen LogP contribution in [0.4, 0.5) is 5.69 Å². The summed E-state index contributed by atoms with van der Waals surface area (Å²) in [6, 6.07) is 4.31. The molecule has 1 aromatic rings. The van der Waals surface area contributed by atoms with Crippen molar-refractivity contribution >= 4 is 11.5 Å². The zero-order valence-corrected chi connectivity index (χ0v) is 7.25. The van der Waals surface area contributed by atoms with Gasteiger partial charge >= 0.3 is 0 Å². The molecule has 13 heavy (non-hydrogen) atoms. The molecule has 0 atom stereocenters. The largest absolute Gasteiger partial charge is 0.382 e. The number of pyridine rings is 1. The van der Waals surface area contributed by atoms with Crippen molar-refractivity contribution in [3.8, 4) is 0 Å². The van der Waals surface area contributed by atoms with Crippen LogP contribution in [0.2, 0.25) is 0 Å². The first-order valence-corrected chi connectivity index (χ1v) is 4.33. The maximum Gasteiger partial charge on any atom is 0.143 e. The Balaban J connectivity index is 2.25.